The zero-order valence-electron chi connectivity index (χ0n) is 14.5. The van der Waals surface area contributed by atoms with Crippen molar-refractivity contribution in [1.82, 2.24) is 14.9 Å². The second kappa shape index (κ2) is 7.40. The maximum Gasteiger partial charge on any atom is 0.279 e. The maximum absolute atomic E-state index is 12.6. The monoisotopic (exact) mass is 329 g/mol. The van der Waals surface area contributed by atoms with Crippen molar-refractivity contribution in [2.75, 3.05) is 13.1 Å². The maximum atomic E-state index is 12.6. The number of hydrogen-bond donors (Lipinski definition) is 2. The molecule has 1 atom stereocenters. The van der Waals surface area contributed by atoms with Crippen molar-refractivity contribution in [3.8, 4) is 0 Å². The van der Waals surface area contributed by atoms with Crippen LogP contribution in [0.2, 0.25) is 0 Å². The summed E-state index contributed by atoms with van der Waals surface area (Å²) in [4.78, 5) is 32.8. The standard InChI is InChI=1S/C18H23N3O3/c1-5-21(10-15(22)14-8-6-11(2)7-9-14)18(24)16-17(23)20-13(4)12(3)19-16/h6-9,15,22H,5,10H2,1-4H3,(H,20,23)/t15-/m0/s1. The lowest BCUT2D eigenvalue weighted by molar-refractivity contribution is 0.0627. The second-order valence-electron chi connectivity index (χ2n) is 5.90. The molecule has 128 valence electrons. The van der Waals surface area contributed by atoms with Gasteiger partial charge in [0.25, 0.3) is 11.5 Å². The predicted octanol–water partition coefficient (Wildman–Crippen LogP) is 1.89. The van der Waals surface area contributed by atoms with E-state index in [1.54, 1.807) is 20.8 Å². The molecular formula is C18H23N3O3. The van der Waals surface area contributed by atoms with Crippen LogP contribution in [-0.2, 0) is 0 Å². The molecule has 1 aromatic carbocycles. The Morgan fingerprint density at radius 3 is 2.46 bits per heavy atom. The van der Waals surface area contributed by atoms with Gasteiger partial charge in [-0.1, -0.05) is 29.8 Å². The molecule has 6 heteroatoms. The largest absolute Gasteiger partial charge is 0.387 e. The smallest absolute Gasteiger partial charge is 0.279 e. The molecular weight excluding hydrogens is 306 g/mol. The highest BCUT2D eigenvalue weighted by Gasteiger charge is 2.23. The first-order valence-electron chi connectivity index (χ1n) is 7.95. The first-order chi connectivity index (χ1) is 11.3. The van der Waals surface area contributed by atoms with Crippen LogP contribution in [0.25, 0.3) is 0 Å². The minimum atomic E-state index is -0.819. The van der Waals surface area contributed by atoms with E-state index in [4.69, 9.17) is 0 Å². The van der Waals surface area contributed by atoms with Crippen LogP contribution in [0.5, 0.6) is 0 Å². The number of aromatic nitrogens is 2. The summed E-state index contributed by atoms with van der Waals surface area (Å²) in [5, 5.41) is 10.4. The number of nitrogens with one attached hydrogen (secondary N) is 1. The van der Waals surface area contributed by atoms with Crippen molar-refractivity contribution in [2.45, 2.75) is 33.8 Å². The van der Waals surface area contributed by atoms with Crippen LogP contribution in [0.1, 0.15) is 46.0 Å². The highest BCUT2D eigenvalue weighted by Crippen LogP contribution is 2.16. The van der Waals surface area contributed by atoms with Crippen LogP contribution < -0.4 is 5.56 Å². The number of rotatable bonds is 5. The number of aliphatic hydroxyl groups is 1. The SMILES string of the molecule is CCN(C[C@H](O)c1ccc(C)cc1)C(=O)c1nc(C)c(C)[nH]c1=O. The molecule has 1 heterocycles. The van der Waals surface area contributed by atoms with E-state index in [0.717, 1.165) is 11.1 Å². The Morgan fingerprint density at radius 2 is 1.88 bits per heavy atom. The van der Waals surface area contributed by atoms with E-state index in [-0.39, 0.29) is 12.2 Å². The molecule has 0 saturated carbocycles. The van der Waals surface area contributed by atoms with E-state index in [2.05, 4.69) is 9.97 Å². The molecule has 0 spiro atoms. The van der Waals surface area contributed by atoms with Gasteiger partial charge in [-0.15, -0.1) is 0 Å². The van der Waals surface area contributed by atoms with Crippen molar-refractivity contribution < 1.29 is 9.90 Å². The predicted molar refractivity (Wildman–Crippen MR) is 92.0 cm³/mol. The Kier molecular flexibility index (Phi) is 5.51. The fraction of sp³-hybridized carbons (Fsp3) is 0.389. The van der Waals surface area contributed by atoms with Gasteiger partial charge < -0.3 is 15.0 Å². The number of hydrogen-bond acceptors (Lipinski definition) is 4. The number of likely N-dealkylation sites (N-methyl/N-ethyl adjacent to an activating group) is 1. The van der Waals surface area contributed by atoms with Gasteiger partial charge >= 0.3 is 0 Å². The Labute approximate surface area is 141 Å². The molecule has 0 unspecified atom stereocenters. The minimum Gasteiger partial charge on any atom is -0.387 e. The van der Waals surface area contributed by atoms with Crippen molar-refractivity contribution in [1.29, 1.82) is 0 Å². The van der Waals surface area contributed by atoms with E-state index < -0.39 is 17.6 Å². The van der Waals surface area contributed by atoms with Crippen LogP contribution >= 0.6 is 0 Å². The molecule has 0 radical (unpaired) electrons. The summed E-state index contributed by atoms with van der Waals surface area (Å²) in [6.45, 7) is 7.71. The summed E-state index contributed by atoms with van der Waals surface area (Å²) in [6, 6.07) is 7.48. The van der Waals surface area contributed by atoms with E-state index in [0.29, 0.717) is 17.9 Å². The van der Waals surface area contributed by atoms with Gasteiger partial charge in [0.2, 0.25) is 0 Å². The third kappa shape index (κ3) is 3.89. The number of benzene rings is 1. The quantitative estimate of drug-likeness (QED) is 0.877. The number of H-pyrrole nitrogens is 1. The molecule has 2 aromatic rings. The fourth-order valence-corrected chi connectivity index (χ4v) is 2.38. The first-order valence-corrected chi connectivity index (χ1v) is 7.95. The summed E-state index contributed by atoms with van der Waals surface area (Å²) in [5.41, 5.74) is 2.42. The molecule has 1 aromatic heterocycles. The first kappa shape index (κ1) is 17.9. The summed E-state index contributed by atoms with van der Waals surface area (Å²) in [5.74, 6) is -0.479. The molecule has 0 saturated heterocycles. The van der Waals surface area contributed by atoms with Gasteiger partial charge in [0, 0.05) is 12.2 Å². The molecule has 2 N–H and O–H groups in total. The lowest BCUT2D eigenvalue weighted by Gasteiger charge is -2.23. The Morgan fingerprint density at radius 1 is 1.25 bits per heavy atom. The van der Waals surface area contributed by atoms with Crippen molar-refractivity contribution >= 4 is 5.91 Å². The number of carbonyl (C=O) groups is 1. The highest BCUT2D eigenvalue weighted by molar-refractivity contribution is 5.92. The lowest BCUT2D eigenvalue weighted by atomic mass is 10.1. The number of aryl methyl sites for hydroxylation is 3. The van der Waals surface area contributed by atoms with Gasteiger partial charge in [-0.25, -0.2) is 4.98 Å². The topological polar surface area (TPSA) is 86.3 Å². The minimum absolute atomic E-state index is 0.104. The van der Waals surface area contributed by atoms with Gasteiger partial charge in [-0.2, -0.15) is 0 Å². The third-order valence-electron chi connectivity index (χ3n) is 4.07. The van der Waals surface area contributed by atoms with Gasteiger partial charge in [-0.05, 0) is 33.3 Å². The van der Waals surface area contributed by atoms with Gasteiger partial charge in [-0.3, -0.25) is 9.59 Å². The van der Waals surface area contributed by atoms with Crippen LogP contribution in [0.15, 0.2) is 29.1 Å². The second-order valence-corrected chi connectivity index (χ2v) is 5.90. The van der Waals surface area contributed by atoms with Crippen LogP contribution in [-0.4, -0.2) is 39.0 Å². The number of aromatic amines is 1. The normalized spacial score (nSPS) is 12.0. The molecule has 2 rings (SSSR count). The van der Waals surface area contributed by atoms with Gasteiger partial charge in [0.05, 0.1) is 18.3 Å². The van der Waals surface area contributed by atoms with Crippen LogP contribution in [0, 0.1) is 20.8 Å². The average molecular weight is 329 g/mol. The number of amides is 1. The summed E-state index contributed by atoms with van der Waals surface area (Å²) in [7, 11) is 0. The molecule has 24 heavy (non-hydrogen) atoms. The van der Waals surface area contributed by atoms with Gasteiger partial charge in [0.1, 0.15) is 0 Å². The zero-order chi connectivity index (χ0) is 17.9. The van der Waals surface area contributed by atoms with E-state index in [1.165, 1.54) is 4.90 Å². The van der Waals surface area contributed by atoms with E-state index in [9.17, 15) is 14.7 Å². The Hall–Kier alpha value is -2.47. The van der Waals surface area contributed by atoms with Crippen molar-refractivity contribution in [3.05, 3.63) is 62.8 Å². The number of carbonyl (C=O) groups excluding carboxylic acids is 1. The summed E-state index contributed by atoms with van der Waals surface area (Å²) >= 11 is 0. The lowest BCUT2D eigenvalue weighted by Crippen LogP contribution is -2.38. The Balaban J connectivity index is 2.22. The summed E-state index contributed by atoms with van der Waals surface area (Å²) in [6.07, 6.45) is -0.819. The molecule has 0 aliphatic heterocycles. The van der Waals surface area contributed by atoms with Crippen molar-refractivity contribution in [2.24, 2.45) is 0 Å². The molecule has 0 aliphatic rings. The Bertz CT molecular complexity index is 781. The third-order valence-corrected chi connectivity index (χ3v) is 4.07. The zero-order valence-corrected chi connectivity index (χ0v) is 14.5. The van der Waals surface area contributed by atoms with Gasteiger partial charge in [0.15, 0.2) is 5.69 Å². The number of nitrogens with zero attached hydrogens (tertiary/aromatic N) is 2. The fourth-order valence-electron chi connectivity index (χ4n) is 2.38. The van der Waals surface area contributed by atoms with E-state index in [1.807, 2.05) is 31.2 Å². The molecule has 1 amide bonds. The highest BCUT2D eigenvalue weighted by atomic mass is 16.3. The molecule has 0 bridgehead atoms. The van der Waals surface area contributed by atoms with E-state index >= 15 is 0 Å². The number of aliphatic hydroxyl groups excluding tert-OH is 1. The van der Waals surface area contributed by atoms with Crippen LogP contribution in [0.4, 0.5) is 0 Å². The summed E-state index contributed by atoms with van der Waals surface area (Å²) < 4.78 is 0. The van der Waals surface area contributed by atoms with Crippen molar-refractivity contribution in [3.63, 3.8) is 0 Å². The molecule has 0 fully saturated rings. The average Bonchev–Trinajstić information content (AvgIpc) is 2.55. The van der Waals surface area contributed by atoms with Crippen LogP contribution in [0.3, 0.4) is 0 Å². The molecule has 6 nitrogen and oxygen atoms in total. The molecule has 0 aliphatic carbocycles.